The van der Waals surface area contributed by atoms with Crippen LogP contribution in [0.5, 0.6) is 0 Å². The number of aromatic nitrogens is 3. The van der Waals surface area contributed by atoms with Gasteiger partial charge in [0, 0.05) is 19.1 Å². The summed E-state index contributed by atoms with van der Waals surface area (Å²) in [4.78, 5) is 4.32. The molecule has 0 bridgehead atoms. The molecular weight excluding hydrogens is 200 g/mol. The fourth-order valence-electron chi connectivity index (χ4n) is 1.65. The number of nitrogens with zero attached hydrogens (tertiary/aromatic N) is 3. The Bertz CT molecular complexity index is 339. The Labute approximate surface area is 98.5 Å². The lowest BCUT2D eigenvalue weighted by Gasteiger charge is -2.26. The molecule has 4 nitrogen and oxygen atoms in total. The summed E-state index contributed by atoms with van der Waals surface area (Å²) in [6.45, 7) is 14.7. The third-order valence-electron chi connectivity index (χ3n) is 2.53. The normalized spacial score (nSPS) is 12.4. The van der Waals surface area contributed by atoms with Gasteiger partial charge in [0.2, 0.25) is 0 Å². The smallest absolute Gasteiger partial charge is 0.147 e. The molecule has 1 heterocycles. The highest BCUT2D eigenvalue weighted by Crippen LogP contribution is 2.17. The summed E-state index contributed by atoms with van der Waals surface area (Å²) >= 11 is 0. The summed E-state index contributed by atoms with van der Waals surface area (Å²) in [6.07, 6.45) is 0. The number of hydrogen-bond acceptors (Lipinski definition) is 3. The van der Waals surface area contributed by atoms with E-state index < -0.39 is 0 Å². The van der Waals surface area contributed by atoms with Gasteiger partial charge in [-0.1, -0.05) is 27.7 Å². The number of aryl methyl sites for hydroxylation is 2. The van der Waals surface area contributed by atoms with Crippen LogP contribution in [0, 0.1) is 19.3 Å². The molecule has 0 spiro atoms. The third kappa shape index (κ3) is 3.93. The molecule has 0 saturated carbocycles. The van der Waals surface area contributed by atoms with Crippen LogP contribution in [-0.2, 0) is 6.54 Å². The molecule has 0 aliphatic rings. The first-order chi connectivity index (χ1) is 7.30. The second kappa shape index (κ2) is 4.95. The summed E-state index contributed by atoms with van der Waals surface area (Å²) in [7, 11) is 0. The molecule has 1 aromatic heterocycles. The van der Waals surface area contributed by atoms with Gasteiger partial charge in [0.15, 0.2) is 0 Å². The Balaban J connectivity index is 2.61. The highest BCUT2D eigenvalue weighted by atomic mass is 15.3. The lowest BCUT2D eigenvalue weighted by molar-refractivity contribution is 0.265. The molecule has 4 heteroatoms. The van der Waals surface area contributed by atoms with Gasteiger partial charge in [-0.2, -0.15) is 5.10 Å². The average Bonchev–Trinajstić information content (AvgIpc) is 2.41. The van der Waals surface area contributed by atoms with Crippen molar-refractivity contribution in [3.8, 4) is 0 Å². The van der Waals surface area contributed by atoms with E-state index in [0.717, 1.165) is 24.7 Å². The SMILES string of the molecule is Cc1nc(C)n(CC(C)(C)CNC(C)C)n1. The van der Waals surface area contributed by atoms with Crippen LogP contribution in [0.2, 0.25) is 0 Å². The minimum absolute atomic E-state index is 0.190. The molecular formula is C12H24N4. The summed E-state index contributed by atoms with van der Waals surface area (Å²) < 4.78 is 2.00. The second-order valence-corrected chi connectivity index (χ2v) is 5.56. The van der Waals surface area contributed by atoms with Gasteiger partial charge in [-0.15, -0.1) is 0 Å². The van der Waals surface area contributed by atoms with Crippen LogP contribution >= 0.6 is 0 Å². The zero-order valence-electron chi connectivity index (χ0n) is 11.3. The minimum Gasteiger partial charge on any atom is -0.314 e. The fraction of sp³-hybridized carbons (Fsp3) is 0.833. The topological polar surface area (TPSA) is 42.7 Å². The summed E-state index contributed by atoms with van der Waals surface area (Å²) in [5.74, 6) is 1.85. The first kappa shape index (κ1) is 13.2. The minimum atomic E-state index is 0.190. The molecule has 0 fully saturated rings. The van der Waals surface area contributed by atoms with E-state index in [1.54, 1.807) is 0 Å². The van der Waals surface area contributed by atoms with Crippen LogP contribution < -0.4 is 5.32 Å². The van der Waals surface area contributed by atoms with Crippen molar-refractivity contribution < 1.29 is 0 Å². The first-order valence-corrected chi connectivity index (χ1v) is 5.91. The van der Waals surface area contributed by atoms with Crippen molar-refractivity contribution in [2.45, 2.75) is 54.1 Å². The Morgan fingerprint density at radius 1 is 1.31 bits per heavy atom. The Hall–Kier alpha value is -0.900. The van der Waals surface area contributed by atoms with Crippen molar-refractivity contribution in [2.24, 2.45) is 5.41 Å². The zero-order chi connectivity index (χ0) is 12.3. The van der Waals surface area contributed by atoms with Crippen LogP contribution in [0.3, 0.4) is 0 Å². The van der Waals surface area contributed by atoms with Crippen molar-refractivity contribution in [3.05, 3.63) is 11.6 Å². The standard InChI is InChI=1S/C12H24N4/c1-9(2)13-7-12(5,6)8-16-11(4)14-10(3)15-16/h9,13H,7-8H2,1-6H3. The van der Waals surface area contributed by atoms with Gasteiger partial charge in [0.25, 0.3) is 0 Å². The van der Waals surface area contributed by atoms with Gasteiger partial charge in [-0.25, -0.2) is 9.67 Å². The van der Waals surface area contributed by atoms with Gasteiger partial charge >= 0.3 is 0 Å². The van der Waals surface area contributed by atoms with Gasteiger partial charge in [-0.3, -0.25) is 0 Å². The molecule has 92 valence electrons. The van der Waals surface area contributed by atoms with Gasteiger partial charge in [-0.05, 0) is 19.3 Å². The highest BCUT2D eigenvalue weighted by Gasteiger charge is 2.20. The van der Waals surface area contributed by atoms with Crippen LogP contribution in [-0.4, -0.2) is 27.4 Å². The molecule has 0 amide bonds. The van der Waals surface area contributed by atoms with E-state index in [9.17, 15) is 0 Å². The van der Waals surface area contributed by atoms with Crippen molar-refractivity contribution in [1.82, 2.24) is 20.1 Å². The lowest BCUT2D eigenvalue weighted by atomic mass is 9.93. The van der Waals surface area contributed by atoms with E-state index in [4.69, 9.17) is 0 Å². The maximum Gasteiger partial charge on any atom is 0.147 e. The van der Waals surface area contributed by atoms with E-state index in [0.29, 0.717) is 6.04 Å². The largest absolute Gasteiger partial charge is 0.314 e. The van der Waals surface area contributed by atoms with E-state index in [-0.39, 0.29) is 5.41 Å². The first-order valence-electron chi connectivity index (χ1n) is 5.91. The van der Waals surface area contributed by atoms with Crippen LogP contribution in [0.15, 0.2) is 0 Å². The summed E-state index contributed by atoms with van der Waals surface area (Å²) in [5, 5.41) is 7.87. The van der Waals surface area contributed by atoms with Crippen molar-refractivity contribution >= 4 is 0 Å². The maximum atomic E-state index is 4.40. The van der Waals surface area contributed by atoms with Crippen LogP contribution in [0.25, 0.3) is 0 Å². The molecule has 0 aliphatic carbocycles. The monoisotopic (exact) mass is 224 g/mol. The Morgan fingerprint density at radius 3 is 2.38 bits per heavy atom. The Morgan fingerprint density at radius 2 is 1.94 bits per heavy atom. The molecule has 0 aromatic carbocycles. The predicted molar refractivity (Wildman–Crippen MR) is 66.4 cm³/mol. The number of nitrogens with one attached hydrogen (secondary N) is 1. The second-order valence-electron chi connectivity index (χ2n) is 5.56. The zero-order valence-corrected chi connectivity index (χ0v) is 11.3. The number of rotatable bonds is 5. The molecule has 16 heavy (non-hydrogen) atoms. The quantitative estimate of drug-likeness (QED) is 0.831. The van der Waals surface area contributed by atoms with Crippen LogP contribution in [0.4, 0.5) is 0 Å². The van der Waals surface area contributed by atoms with Gasteiger partial charge < -0.3 is 5.32 Å². The molecule has 0 aliphatic heterocycles. The predicted octanol–water partition coefficient (Wildman–Crippen LogP) is 1.92. The van der Waals surface area contributed by atoms with Gasteiger partial charge in [0.1, 0.15) is 11.6 Å². The van der Waals surface area contributed by atoms with Crippen molar-refractivity contribution in [3.63, 3.8) is 0 Å². The van der Waals surface area contributed by atoms with E-state index >= 15 is 0 Å². The highest BCUT2D eigenvalue weighted by molar-refractivity contribution is 4.89. The van der Waals surface area contributed by atoms with E-state index in [1.165, 1.54) is 0 Å². The molecule has 1 aromatic rings. The average molecular weight is 224 g/mol. The van der Waals surface area contributed by atoms with E-state index in [2.05, 4.69) is 43.1 Å². The summed E-state index contributed by atoms with van der Waals surface area (Å²) in [6, 6.07) is 0.526. The van der Waals surface area contributed by atoms with Crippen molar-refractivity contribution in [1.29, 1.82) is 0 Å². The maximum absolute atomic E-state index is 4.40. The molecule has 0 saturated heterocycles. The molecule has 0 atom stereocenters. The molecule has 0 radical (unpaired) electrons. The molecule has 1 N–H and O–H groups in total. The van der Waals surface area contributed by atoms with E-state index in [1.807, 2.05) is 18.5 Å². The lowest BCUT2D eigenvalue weighted by Crippen LogP contribution is -2.36. The molecule has 0 unspecified atom stereocenters. The van der Waals surface area contributed by atoms with Crippen LogP contribution in [0.1, 0.15) is 39.3 Å². The van der Waals surface area contributed by atoms with Crippen molar-refractivity contribution in [2.75, 3.05) is 6.54 Å². The summed E-state index contributed by atoms with van der Waals surface area (Å²) in [5.41, 5.74) is 0.190. The number of hydrogen-bond donors (Lipinski definition) is 1. The molecule has 1 rings (SSSR count). The Kier molecular flexibility index (Phi) is 4.08. The third-order valence-corrected chi connectivity index (χ3v) is 2.53. The fourth-order valence-corrected chi connectivity index (χ4v) is 1.65. The van der Waals surface area contributed by atoms with Gasteiger partial charge in [0.05, 0.1) is 0 Å².